The highest BCUT2D eigenvalue weighted by Gasteiger charge is 2.36. The van der Waals surface area contributed by atoms with E-state index in [0.717, 1.165) is 44.4 Å². The van der Waals surface area contributed by atoms with Crippen LogP contribution in [0.4, 0.5) is 17.1 Å². The number of thiophene rings is 1. The van der Waals surface area contributed by atoms with E-state index >= 15 is 0 Å². The number of benzene rings is 10. The molecule has 0 atom stereocenters. The van der Waals surface area contributed by atoms with Gasteiger partial charge in [0.15, 0.2) is 0 Å². The molecule has 0 unspecified atom stereocenters. The first kappa shape index (κ1) is 35.3. The molecule has 0 spiro atoms. The highest BCUT2D eigenvalue weighted by Crippen LogP contribution is 2.53. The molecule has 0 N–H and O–H groups in total. The molecule has 62 heavy (non-hydrogen) atoms. The zero-order chi connectivity index (χ0) is 41.1. The van der Waals surface area contributed by atoms with Gasteiger partial charge in [-0.1, -0.05) is 166 Å². The Morgan fingerprint density at radius 3 is 1.98 bits per heavy atom. The summed E-state index contributed by atoms with van der Waals surface area (Å²) in [6, 6.07) is 73.4. The van der Waals surface area contributed by atoms with Gasteiger partial charge in [-0.3, -0.25) is 0 Å². The van der Waals surface area contributed by atoms with Crippen molar-refractivity contribution in [2.75, 3.05) is 4.90 Å². The van der Waals surface area contributed by atoms with Crippen LogP contribution in [-0.4, -0.2) is 0 Å². The second-order valence-electron chi connectivity index (χ2n) is 17.2. The summed E-state index contributed by atoms with van der Waals surface area (Å²) in [4.78, 5) is 2.42. The second-order valence-corrected chi connectivity index (χ2v) is 18.2. The molecule has 0 amide bonds. The monoisotopic (exact) mass is 809 g/mol. The quantitative estimate of drug-likeness (QED) is 0.172. The van der Waals surface area contributed by atoms with Crippen molar-refractivity contribution in [3.05, 3.63) is 211 Å². The minimum absolute atomic E-state index is 0.129. The van der Waals surface area contributed by atoms with Crippen molar-refractivity contribution in [1.82, 2.24) is 0 Å². The number of hydrogen-bond acceptors (Lipinski definition) is 3. The molecular weight excluding hydrogens is 771 g/mol. The Morgan fingerprint density at radius 2 is 1.08 bits per heavy atom. The minimum atomic E-state index is -0.129. The summed E-state index contributed by atoms with van der Waals surface area (Å²) < 4.78 is 9.56. The van der Waals surface area contributed by atoms with E-state index in [4.69, 9.17) is 4.42 Å². The molecule has 2 aromatic heterocycles. The number of para-hydroxylation sites is 1. The van der Waals surface area contributed by atoms with Crippen LogP contribution in [0.15, 0.2) is 205 Å². The zero-order valence-electron chi connectivity index (χ0n) is 34.3. The lowest BCUT2D eigenvalue weighted by atomic mass is 9.82. The third kappa shape index (κ3) is 5.03. The number of anilines is 3. The average Bonchev–Trinajstić information content (AvgIpc) is 3.97. The van der Waals surface area contributed by atoms with Crippen LogP contribution in [0.1, 0.15) is 25.0 Å². The molecule has 0 radical (unpaired) electrons. The standard InChI is InChI=1S/C59H39NOS/c1-59(2)50-28-11-10-22-42(50)43-33-32-38(34-51(43)59)60(37-18-4-3-5-19-37)52-29-15-30-53-56(52)49-35-48(41-21-8-9-23-45(41)57(49)61-53)46-26-13-27-47-55-44(25-14-31-54(55)62-58(46)47)40-24-12-17-36-16-6-7-20-39(36)40/h3-35H,1-2H3. The number of fused-ring (bicyclic) bond motifs is 12. The molecule has 12 aromatic rings. The first-order valence-corrected chi connectivity index (χ1v) is 22.2. The predicted molar refractivity (Wildman–Crippen MR) is 265 cm³/mol. The molecule has 0 saturated carbocycles. The van der Waals surface area contributed by atoms with Gasteiger partial charge in [-0.2, -0.15) is 0 Å². The van der Waals surface area contributed by atoms with Crippen LogP contribution in [0, 0.1) is 0 Å². The largest absolute Gasteiger partial charge is 0.455 e. The first-order chi connectivity index (χ1) is 30.5. The molecule has 0 saturated heterocycles. The van der Waals surface area contributed by atoms with Gasteiger partial charge in [-0.15, -0.1) is 11.3 Å². The molecule has 2 heterocycles. The van der Waals surface area contributed by atoms with Gasteiger partial charge in [0.25, 0.3) is 0 Å². The SMILES string of the molecule is CC1(C)c2ccccc2-c2ccc(N(c3ccccc3)c3cccc4oc5c6ccccc6c(-c6cccc7c6sc6cccc(-c8cccc9ccccc89)c67)cc5c34)cc21. The maximum Gasteiger partial charge on any atom is 0.143 e. The summed E-state index contributed by atoms with van der Waals surface area (Å²) in [5, 5.41) is 9.62. The van der Waals surface area contributed by atoms with Crippen LogP contribution >= 0.6 is 11.3 Å². The summed E-state index contributed by atoms with van der Waals surface area (Å²) in [6.45, 7) is 4.71. The van der Waals surface area contributed by atoms with E-state index in [1.807, 2.05) is 11.3 Å². The van der Waals surface area contributed by atoms with Gasteiger partial charge in [0.05, 0.1) is 11.1 Å². The van der Waals surface area contributed by atoms with E-state index in [2.05, 4.69) is 219 Å². The van der Waals surface area contributed by atoms with Crippen molar-refractivity contribution in [2.24, 2.45) is 0 Å². The minimum Gasteiger partial charge on any atom is -0.455 e. The molecule has 1 aliphatic carbocycles. The van der Waals surface area contributed by atoms with Crippen molar-refractivity contribution in [3.63, 3.8) is 0 Å². The van der Waals surface area contributed by atoms with Crippen molar-refractivity contribution >= 4 is 92.1 Å². The Balaban J connectivity index is 1.06. The topological polar surface area (TPSA) is 16.4 Å². The third-order valence-electron chi connectivity index (χ3n) is 13.5. The lowest BCUT2D eigenvalue weighted by Gasteiger charge is -2.28. The summed E-state index contributed by atoms with van der Waals surface area (Å²) >= 11 is 1.89. The fourth-order valence-electron chi connectivity index (χ4n) is 10.6. The normalized spacial score (nSPS) is 13.1. The molecule has 3 heteroatoms. The Bertz CT molecular complexity index is 3790. The number of nitrogens with zero attached hydrogens (tertiary/aromatic N) is 1. The van der Waals surface area contributed by atoms with Gasteiger partial charge in [-0.25, -0.2) is 0 Å². The van der Waals surface area contributed by atoms with E-state index < -0.39 is 0 Å². The molecule has 0 fully saturated rings. The molecule has 292 valence electrons. The number of hydrogen-bond donors (Lipinski definition) is 0. The molecule has 10 aromatic carbocycles. The van der Waals surface area contributed by atoms with E-state index in [1.165, 1.54) is 80.8 Å². The van der Waals surface area contributed by atoms with Gasteiger partial charge in [-0.05, 0) is 104 Å². The maximum atomic E-state index is 6.98. The maximum absolute atomic E-state index is 6.98. The summed E-state index contributed by atoms with van der Waals surface area (Å²) in [7, 11) is 0. The van der Waals surface area contributed by atoms with E-state index in [0.29, 0.717) is 0 Å². The van der Waals surface area contributed by atoms with E-state index in [9.17, 15) is 0 Å². The van der Waals surface area contributed by atoms with Gasteiger partial charge in [0.2, 0.25) is 0 Å². The Hall–Kier alpha value is -7.46. The number of furan rings is 1. The molecule has 0 aliphatic heterocycles. The molecular formula is C59H39NOS. The van der Waals surface area contributed by atoms with E-state index in [1.54, 1.807) is 0 Å². The van der Waals surface area contributed by atoms with Crippen molar-refractivity contribution < 1.29 is 4.42 Å². The highest BCUT2D eigenvalue weighted by atomic mass is 32.1. The fourth-order valence-corrected chi connectivity index (χ4v) is 11.9. The molecule has 13 rings (SSSR count). The van der Waals surface area contributed by atoms with Crippen LogP contribution in [-0.2, 0) is 5.41 Å². The Morgan fingerprint density at radius 1 is 0.419 bits per heavy atom. The van der Waals surface area contributed by atoms with Gasteiger partial charge >= 0.3 is 0 Å². The summed E-state index contributed by atoms with van der Waals surface area (Å²) in [6.07, 6.45) is 0. The lowest BCUT2D eigenvalue weighted by Crippen LogP contribution is -2.16. The molecule has 2 nitrogen and oxygen atoms in total. The fraction of sp³-hybridized carbons (Fsp3) is 0.0508. The summed E-state index contributed by atoms with van der Waals surface area (Å²) in [5.41, 5.74) is 15.3. The van der Waals surface area contributed by atoms with Gasteiger partial charge in [0.1, 0.15) is 11.2 Å². The first-order valence-electron chi connectivity index (χ1n) is 21.4. The lowest BCUT2D eigenvalue weighted by molar-refractivity contribution is 0.660. The second kappa shape index (κ2) is 13.3. The van der Waals surface area contributed by atoms with Crippen LogP contribution in [0.25, 0.3) is 97.0 Å². The highest BCUT2D eigenvalue weighted by molar-refractivity contribution is 7.26. The predicted octanol–water partition coefficient (Wildman–Crippen LogP) is 17.4. The Labute approximate surface area is 363 Å². The number of rotatable bonds is 5. The van der Waals surface area contributed by atoms with Crippen LogP contribution < -0.4 is 4.90 Å². The third-order valence-corrected chi connectivity index (χ3v) is 14.7. The van der Waals surface area contributed by atoms with Crippen LogP contribution in [0.5, 0.6) is 0 Å². The smallest absolute Gasteiger partial charge is 0.143 e. The molecule has 1 aliphatic rings. The van der Waals surface area contributed by atoms with Crippen LogP contribution in [0.3, 0.4) is 0 Å². The zero-order valence-corrected chi connectivity index (χ0v) is 35.1. The Kier molecular flexibility index (Phi) is 7.56. The van der Waals surface area contributed by atoms with Crippen molar-refractivity contribution in [3.8, 4) is 33.4 Å². The van der Waals surface area contributed by atoms with Crippen LogP contribution in [0.2, 0.25) is 0 Å². The summed E-state index contributed by atoms with van der Waals surface area (Å²) in [5.74, 6) is 0. The van der Waals surface area contributed by atoms with Gasteiger partial charge in [0, 0.05) is 53.3 Å². The van der Waals surface area contributed by atoms with Crippen molar-refractivity contribution in [2.45, 2.75) is 19.3 Å². The average molecular weight is 810 g/mol. The molecule has 0 bridgehead atoms. The van der Waals surface area contributed by atoms with Crippen molar-refractivity contribution in [1.29, 1.82) is 0 Å². The van der Waals surface area contributed by atoms with Gasteiger partial charge < -0.3 is 9.32 Å². The van der Waals surface area contributed by atoms with E-state index in [-0.39, 0.29) is 5.41 Å².